The largest absolute Gasteiger partial charge is 0.504 e. The molecule has 26 nitrogen and oxygen atoms in total. The van der Waals surface area contributed by atoms with Crippen LogP contribution in [0.5, 0.6) is 86.2 Å². The lowest BCUT2D eigenvalue weighted by Crippen LogP contribution is -2.56. The molecule has 0 aliphatic carbocycles. The predicted octanol–water partition coefficient (Wildman–Crippen LogP) is 1.34. The zero-order chi connectivity index (χ0) is 49.0. The van der Waals surface area contributed by atoms with Crippen molar-refractivity contribution in [2.45, 2.75) is 30.5 Å². The van der Waals surface area contributed by atoms with Gasteiger partial charge in [0.25, 0.3) is 0 Å². The van der Waals surface area contributed by atoms with E-state index in [0.717, 1.165) is 0 Å². The quantitative estimate of drug-likeness (QED) is 0.0689. The number of carbonyl (C=O) groups is 5. The number of aliphatic hydroxyl groups is 1. The number of cyclic esters (lactones) is 2. The van der Waals surface area contributed by atoms with Crippen molar-refractivity contribution in [3.05, 3.63) is 63.7 Å². The Labute approximate surface area is 368 Å². The second-order valence-corrected chi connectivity index (χ2v) is 14.7. The summed E-state index contributed by atoms with van der Waals surface area (Å²) in [5.41, 5.74) is -11.0. The number of ether oxygens (including phenoxy) is 5. The maximum absolute atomic E-state index is 14.6. The summed E-state index contributed by atoms with van der Waals surface area (Å²) in [7, 11) is 0. The smallest absolute Gasteiger partial charge is 0.339 e. The third kappa shape index (κ3) is 6.57. The van der Waals surface area contributed by atoms with Crippen molar-refractivity contribution in [3.63, 3.8) is 0 Å². The fraction of sp³-hybridized carbons (Fsp3) is 0.146. The van der Waals surface area contributed by atoms with Gasteiger partial charge in [-0.25, -0.2) is 24.0 Å². The molecule has 348 valence electrons. The highest BCUT2D eigenvalue weighted by Crippen LogP contribution is 2.58. The van der Waals surface area contributed by atoms with Gasteiger partial charge >= 0.3 is 29.8 Å². The Morgan fingerprint density at radius 1 is 0.433 bits per heavy atom. The van der Waals surface area contributed by atoms with Crippen molar-refractivity contribution < 1.29 is 129 Å². The maximum Gasteiger partial charge on any atom is 0.339 e. The molecule has 5 aromatic rings. The fourth-order valence-electron chi connectivity index (χ4n) is 7.72. The minimum Gasteiger partial charge on any atom is -0.504 e. The van der Waals surface area contributed by atoms with Gasteiger partial charge in [0.15, 0.2) is 87.7 Å². The highest BCUT2D eigenvalue weighted by molar-refractivity contribution is 6.11. The van der Waals surface area contributed by atoms with Gasteiger partial charge in [0, 0.05) is 27.8 Å². The first kappa shape index (κ1) is 44.0. The van der Waals surface area contributed by atoms with E-state index in [1.807, 2.05) is 0 Å². The summed E-state index contributed by atoms with van der Waals surface area (Å²) in [4.78, 5) is 70.9. The average Bonchev–Trinajstić information content (AvgIpc) is 3.29. The number of phenolic OH excluding ortho intramolecular Hbond substituents is 15. The van der Waals surface area contributed by atoms with E-state index >= 15 is 0 Å². The van der Waals surface area contributed by atoms with Gasteiger partial charge in [0.2, 0.25) is 23.0 Å². The van der Waals surface area contributed by atoms with Crippen LogP contribution in [0.4, 0.5) is 0 Å². The fourth-order valence-corrected chi connectivity index (χ4v) is 7.72. The molecule has 4 aliphatic heterocycles. The minimum absolute atomic E-state index is 0.331. The van der Waals surface area contributed by atoms with Crippen LogP contribution in [0.25, 0.3) is 22.3 Å². The first-order valence-corrected chi connectivity index (χ1v) is 18.6. The van der Waals surface area contributed by atoms with Crippen LogP contribution >= 0.6 is 0 Å². The van der Waals surface area contributed by atoms with E-state index in [1.54, 1.807) is 0 Å². The van der Waals surface area contributed by atoms with Crippen LogP contribution in [0, 0.1) is 0 Å². The van der Waals surface area contributed by atoms with Gasteiger partial charge in [-0.2, -0.15) is 0 Å². The number of aromatic hydroxyl groups is 15. The second-order valence-electron chi connectivity index (χ2n) is 14.7. The van der Waals surface area contributed by atoms with E-state index in [4.69, 9.17) is 23.7 Å². The number of rotatable bonds is 3. The van der Waals surface area contributed by atoms with E-state index in [0.29, 0.717) is 30.3 Å². The van der Waals surface area contributed by atoms with Crippen molar-refractivity contribution in [3.8, 4) is 108 Å². The molecule has 0 aromatic heterocycles. The molecule has 0 radical (unpaired) electrons. The number of hydrogen-bond donors (Lipinski definition) is 16. The summed E-state index contributed by atoms with van der Waals surface area (Å²) in [6.07, 6.45) is -13.4. The molecule has 0 amide bonds. The molecule has 4 bridgehead atoms. The lowest BCUT2D eigenvalue weighted by Gasteiger charge is -2.40. The number of carbonyl (C=O) groups excluding carboxylic acids is 5. The number of hydrogen-bond acceptors (Lipinski definition) is 26. The van der Waals surface area contributed by atoms with Crippen LogP contribution in [0.15, 0.2) is 30.3 Å². The van der Waals surface area contributed by atoms with Crippen molar-refractivity contribution in [1.29, 1.82) is 0 Å². The Bertz CT molecular complexity index is 3060. The van der Waals surface area contributed by atoms with Gasteiger partial charge in [-0.05, 0) is 30.3 Å². The first-order valence-electron chi connectivity index (χ1n) is 18.6. The monoisotopic (exact) mass is 936 g/mol. The van der Waals surface area contributed by atoms with Gasteiger partial charge < -0.3 is 105 Å². The number of esters is 5. The van der Waals surface area contributed by atoms with Crippen LogP contribution in [-0.2, 0) is 23.7 Å². The molecular weight excluding hydrogens is 908 g/mol. The number of phenols is 15. The standard InChI is InChI=1S/C41H28O26/c42-11-1-7(2-12(43)23(11)47)37(58)64-16-6-63-38(59)8-3-13(44)24(48)27(51)17(8)18-9(4-14(45)25(49)28(18)52)39(60)65-34(16)36-35-32(56)22-21(41(62)66-35)20(30(54)33(57)31(22)55)19-10(40(61)67-36)5-15(46)26(50)29(19)53/h1-5,16,32,34-36,42-57H,6H2/t16?,32-,34+,35+,36?/m0/s1. The summed E-state index contributed by atoms with van der Waals surface area (Å²) in [5.74, 6) is -29.6. The molecule has 0 saturated heterocycles. The first-order chi connectivity index (χ1) is 31.5. The topological polar surface area (TPSA) is 455 Å². The van der Waals surface area contributed by atoms with Crippen LogP contribution < -0.4 is 0 Å². The average molecular weight is 937 g/mol. The van der Waals surface area contributed by atoms with Gasteiger partial charge in [0.1, 0.15) is 12.7 Å². The molecule has 26 heteroatoms. The minimum atomic E-state index is -2.79. The summed E-state index contributed by atoms with van der Waals surface area (Å²) in [6, 6.07) is 2.15. The third-order valence-electron chi connectivity index (χ3n) is 10.9. The van der Waals surface area contributed by atoms with E-state index in [1.165, 1.54) is 0 Å². The lowest BCUT2D eigenvalue weighted by atomic mass is 9.82. The van der Waals surface area contributed by atoms with Crippen molar-refractivity contribution in [2.75, 3.05) is 6.61 Å². The molecule has 16 N–H and O–H groups in total. The molecular formula is C41H28O26. The van der Waals surface area contributed by atoms with Gasteiger partial charge in [-0.15, -0.1) is 0 Å². The number of fused-ring (bicyclic) bond motifs is 6. The van der Waals surface area contributed by atoms with Gasteiger partial charge in [0.05, 0.1) is 27.8 Å². The molecule has 0 fully saturated rings. The molecule has 4 aliphatic rings. The van der Waals surface area contributed by atoms with Gasteiger partial charge in [-0.1, -0.05) is 0 Å². The lowest BCUT2D eigenvalue weighted by molar-refractivity contribution is -0.154. The summed E-state index contributed by atoms with van der Waals surface area (Å²) in [6.45, 7) is -1.50. The third-order valence-corrected chi connectivity index (χ3v) is 10.9. The Morgan fingerprint density at radius 3 is 1.33 bits per heavy atom. The van der Waals surface area contributed by atoms with Crippen LogP contribution in [0.1, 0.15) is 63.5 Å². The Balaban J connectivity index is 1.42. The van der Waals surface area contributed by atoms with E-state index < -0.39 is 209 Å². The van der Waals surface area contributed by atoms with E-state index in [2.05, 4.69) is 0 Å². The van der Waals surface area contributed by atoms with Gasteiger partial charge in [-0.3, -0.25) is 0 Å². The Hall–Kier alpha value is -9.59. The molecule has 9 rings (SSSR count). The van der Waals surface area contributed by atoms with Crippen molar-refractivity contribution >= 4 is 29.8 Å². The molecule has 2 unspecified atom stereocenters. The highest BCUT2D eigenvalue weighted by atomic mass is 16.6. The molecule has 67 heavy (non-hydrogen) atoms. The van der Waals surface area contributed by atoms with E-state index in [9.17, 15) is 106 Å². The zero-order valence-electron chi connectivity index (χ0n) is 32.7. The molecule has 4 heterocycles. The predicted molar refractivity (Wildman–Crippen MR) is 207 cm³/mol. The molecule has 5 aromatic carbocycles. The Kier molecular flexibility index (Phi) is 10.1. The SMILES string of the molecule is O=C(OC1COC(=O)c2cc(O)c(O)c(O)c2-c2c(cc(O)c(O)c2O)C(=O)O[C@H]1C1OC(=O)c2cc(O)c(O)c(O)c2-c2c(O)c(O)c(O)c3c2C(=O)O[C@@H]1[C@H]3O)c1cc(O)c(O)c(O)c1. The van der Waals surface area contributed by atoms with E-state index in [-0.39, 0.29) is 0 Å². The normalized spacial score (nSPS) is 19.9. The summed E-state index contributed by atoms with van der Waals surface area (Å²) in [5, 5.41) is 172. The molecule has 5 atom stereocenters. The number of benzene rings is 5. The highest BCUT2D eigenvalue weighted by Gasteiger charge is 2.54. The van der Waals surface area contributed by atoms with Crippen molar-refractivity contribution in [1.82, 2.24) is 0 Å². The van der Waals surface area contributed by atoms with Crippen LogP contribution in [0.2, 0.25) is 0 Å². The molecule has 0 spiro atoms. The second kappa shape index (κ2) is 15.3. The van der Waals surface area contributed by atoms with Crippen LogP contribution in [-0.4, -0.2) is 143 Å². The number of aliphatic hydroxyl groups excluding tert-OH is 1. The zero-order valence-corrected chi connectivity index (χ0v) is 32.7. The van der Waals surface area contributed by atoms with Crippen molar-refractivity contribution in [2.24, 2.45) is 0 Å². The molecule has 0 saturated carbocycles. The summed E-state index contributed by atoms with van der Waals surface area (Å²) >= 11 is 0. The maximum atomic E-state index is 14.6. The van der Waals surface area contributed by atoms with Crippen LogP contribution in [0.3, 0.4) is 0 Å². The summed E-state index contributed by atoms with van der Waals surface area (Å²) < 4.78 is 27.6. The Morgan fingerprint density at radius 2 is 0.836 bits per heavy atom.